The molecule has 0 unspecified atom stereocenters. The highest BCUT2D eigenvalue weighted by molar-refractivity contribution is 7.17. The van der Waals surface area contributed by atoms with E-state index in [1.165, 1.54) is 11.3 Å². The van der Waals surface area contributed by atoms with Crippen LogP contribution in [-0.4, -0.2) is 28.6 Å². The molecule has 0 saturated heterocycles. The van der Waals surface area contributed by atoms with Gasteiger partial charge in [-0.25, -0.2) is 9.97 Å². The highest BCUT2D eigenvalue weighted by Gasteiger charge is 2.30. The van der Waals surface area contributed by atoms with Gasteiger partial charge in [-0.3, -0.25) is 9.79 Å². The Bertz CT molecular complexity index is 639. The third kappa shape index (κ3) is 2.43. The molecule has 3 rings (SSSR count). The third-order valence-electron chi connectivity index (χ3n) is 3.77. The molecular weight excluding hydrogens is 272 g/mol. The number of carbonyl (C=O) groups is 1. The van der Waals surface area contributed by atoms with Crippen molar-refractivity contribution in [3.8, 4) is 0 Å². The van der Waals surface area contributed by atoms with Crippen molar-refractivity contribution in [3.63, 3.8) is 0 Å². The second kappa shape index (κ2) is 5.66. The van der Waals surface area contributed by atoms with Crippen molar-refractivity contribution in [2.75, 3.05) is 5.32 Å². The Morgan fingerprint density at radius 3 is 3.00 bits per heavy atom. The Balaban J connectivity index is 1.79. The summed E-state index contributed by atoms with van der Waals surface area (Å²) in [6.45, 7) is 3.61. The van der Waals surface area contributed by atoms with Crippen molar-refractivity contribution < 1.29 is 4.79 Å². The number of anilines is 1. The molecule has 2 aromatic rings. The number of carbonyl (C=O) groups excluding carboxylic acids is 1. The summed E-state index contributed by atoms with van der Waals surface area (Å²) in [5.41, 5.74) is 1.50. The number of fused-ring (bicyclic) bond motifs is 1. The summed E-state index contributed by atoms with van der Waals surface area (Å²) >= 11 is 1.49. The van der Waals surface area contributed by atoms with Gasteiger partial charge in [-0.1, -0.05) is 12.8 Å². The first-order chi connectivity index (χ1) is 9.79. The van der Waals surface area contributed by atoms with Crippen molar-refractivity contribution in [1.29, 1.82) is 0 Å². The standard InChI is InChI=1S/C14H16N4OS/c1-15-10-5-3-2-4-9(10)13(19)18-11-8-20-14-12(11)16-6-7-17-14/h6-10H,1-5H2,(H,18,19)/t9-,10-/m1/s1. The van der Waals surface area contributed by atoms with Gasteiger partial charge in [0, 0.05) is 17.8 Å². The molecular formula is C14H16N4OS. The van der Waals surface area contributed by atoms with Gasteiger partial charge in [-0.2, -0.15) is 0 Å². The van der Waals surface area contributed by atoms with Gasteiger partial charge >= 0.3 is 0 Å². The molecule has 6 heteroatoms. The zero-order chi connectivity index (χ0) is 13.9. The van der Waals surface area contributed by atoms with Gasteiger partial charge in [0.2, 0.25) is 5.91 Å². The lowest BCUT2D eigenvalue weighted by molar-refractivity contribution is -0.121. The van der Waals surface area contributed by atoms with E-state index in [9.17, 15) is 4.79 Å². The molecule has 1 aliphatic carbocycles. The van der Waals surface area contributed by atoms with Crippen LogP contribution in [0.5, 0.6) is 0 Å². The van der Waals surface area contributed by atoms with E-state index in [4.69, 9.17) is 0 Å². The van der Waals surface area contributed by atoms with Crippen molar-refractivity contribution in [2.24, 2.45) is 10.9 Å². The summed E-state index contributed by atoms with van der Waals surface area (Å²) in [5, 5.41) is 4.87. The van der Waals surface area contributed by atoms with E-state index in [-0.39, 0.29) is 17.9 Å². The number of thiophene rings is 1. The Morgan fingerprint density at radius 2 is 2.15 bits per heavy atom. The molecule has 0 aliphatic heterocycles. The van der Waals surface area contributed by atoms with Gasteiger partial charge in [-0.15, -0.1) is 11.3 Å². The minimum atomic E-state index is -0.0760. The minimum Gasteiger partial charge on any atom is -0.323 e. The topological polar surface area (TPSA) is 67.2 Å². The van der Waals surface area contributed by atoms with E-state index >= 15 is 0 Å². The molecule has 1 saturated carbocycles. The summed E-state index contributed by atoms with van der Waals surface area (Å²) in [7, 11) is 0. The molecule has 2 atom stereocenters. The maximum atomic E-state index is 12.4. The Morgan fingerprint density at radius 1 is 1.35 bits per heavy atom. The first-order valence-corrected chi connectivity index (χ1v) is 7.62. The van der Waals surface area contributed by atoms with Crippen molar-refractivity contribution in [2.45, 2.75) is 31.7 Å². The predicted molar refractivity (Wildman–Crippen MR) is 81.3 cm³/mol. The van der Waals surface area contributed by atoms with Gasteiger partial charge in [0.1, 0.15) is 10.3 Å². The van der Waals surface area contributed by atoms with E-state index in [0.29, 0.717) is 0 Å². The molecule has 1 amide bonds. The zero-order valence-electron chi connectivity index (χ0n) is 11.1. The van der Waals surface area contributed by atoms with Crippen LogP contribution in [0.15, 0.2) is 22.8 Å². The van der Waals surface area contributed by atoms with Crippen molar-refractivity contribution in [3.05, 3.63) is 17.8 Å². The van der Waals surface area contributed by atoms with Crippen LogP contribution in [0.25, 0.3) is 10.3 Å². The van der Waals surface area contributed by atoms with Crippen LogP contribution >= 0.6 is 11.3 Å². The molecule has 2 heterocycles. The van der Waals surface area contributed by atoms with Crippen LogP contribution in [0.2, 0.25) is 0 Å². The number of nitrogens with zero attached hydrogens (tertiary/aromatic N) is 3. The second-order valence-electron chi connectivity index (χ2n) is 4.99. The summed E-state index contributed by atoms with van der Waals surface area (Å²) in [6, 6.07) is 0.0414. The van der Waals surface area contributed by atoms with Gasteiger partial charge in [-0.05, 0) is 19.6 Å². The van der Waals surface area contributed by atoms with Crippen molar-refractivity contribution >= 4 is 40.0 Å². The van der Waals surface area contributed by atoms with Crippen LogP contribution in [0.4, 0.5) is 5.69 Å². The Labute approximate surface area is 121 Å². The molecule has 2 aromatic heterocycles. The fourth-order valence-electron chi connectivity index (χ4n) is 2.72. The van der Waals surface area contributed by atoms with Crippen LogP contribution in [0.1, 0.15) is 25.7 Å². The van der Waals surface area contributed by atoms with E-state index in [0.717, 1.165) is 41.7 Å². The van der Waals surface area contributed by atoms with Crippen LogP contribution in [0, 0.1) is 5.92 Å². The largest absolute Gasteiger partial charge is 0.323 e. The normalized spacial score (nSPS) is 22.6. The first kappa shape index (κ1) is 13.2. The number of hydrogen-bond donors (Lipinski definition) is 1. The number of hydrogen-bond acceptors (Lipinski definition) is 5. The lowest BCUT2D eigenvalue weighted by atomic mass is 9.84. The van der Waals surface area contributed by atoms with Crippen LogP contribution in [0.3, 0.4) is 0 Å². The maximum absolute atomic E-state index is 12.4. The minimum absolute atomic E-state index is 0.0208. The lowest BCUT2D eigenvalue weighted by Gasteiger charge is -2.27. The predicted octanol–water partition coefficient (Wildman–Crippen LogP) is 2.89. The summed E-state index contributed by atoms with van der Waals surface area (Å²) in [6.07, 6.45) is 7.33. The monoisotopic (exact) mass is 288 g/mol. The van der Waals surface area contributed by atoms with Crippen LogP contribution < -0.4 is 5.32 Å². The van der Waals surface area contributed by atoms with Crippen molar-refractivity contribution in [1.82, 2.24) is 9.97 Å². The first-order valence-electron chi connectivity index (χ1n) is 6.74. The molecule has 20 heavy (non-hydrogen) atoms. The molecule has 0 bridgehead atoms. The summed E-state index contributed by atoms with van der Waals surface area (Å²) in [4.78, 5) is 25.9. The molecule has 5 nitrogen and oxygen atoms in total. The van der Waals surface area contributed by atoms with Gasteiger partial charge in [0.15, 0.2) is 0 Å². The fourth-order valence-corrected chi connectivity index (χ4v) is 3.51. The molecule has 1 aliphatic rings. The van der Waals surface area contributed by atoms with E-state index < -0.39 is 0 Å². The number of nitrogens with one attached hydrogen (secondary N) is 1. The zero-order valence-corrected chi connectivity index (χ0v) is 11.9. The summed E-state index contributed by atoms with van der Waals surface area (Å²) < 4.78 is 0. The number of amides is 1. The second-order valence-corrected chi connectivity index (χ2v) is 5.85. The molecule has 1 N–H and O–H groups in total. The third-order valence-corrected chi connectivity index (χ3v) is 4.64. The molecule has 0 spiro atoms. The Kier molecular flexibility index (Phi) is 3.73. The highest BCUT2D eigenvalue weighted by Crippen LogP contribution is 2.30. The number of aromatic nitrogens is 2. The molecule has 1 fully saturated rings. The van der Waals surface area contributed by atoms with E-state index in [1.54, 1.807) is 12.4 Å². The number of aliphatic imine (C=N–C) groups is 1. The highest BCUT2D eigenvalue weighted by atomic mass is 32.1. The lowest BCUT2D eigenvalue weighted by Crippen LogP contribution is -2.34. The van der Waals surface area contributed by atoms with Crippen LogP contribution in [-0.2, 0) is 4.79 Å². The maximum Gasteiger partial charge on any atom is 0.229 e. The SMILES string of the molecule is C=N[C@@H]1CCCC[C@H]1C(=O)Nc1csc2nccnc12. The van der Waals surface area contributed by atoms with E-state index in [2.05, 4.69) is 27.0 Å². The Hall–Kier alpha value is -1.82. The number of rotatable bonds is 3. The van der Waals surface area contributed by atoms with Gasteiger partial charge in [0.05, 0.1) is 17.6 Å². The van der Waals surface area contributed by atoms with Gasteiger partial charge < -0.3 is 5.32 Å². The quantitative estimate of drug-likeness (QED) is 0.883. The molecule has 0 aromatic carbocycles. The average molecular weight is 288 g/mol. The molecule has 0 radical (unpaired) electrons. The van der Waals surface area contributed by atoms with Gasteiger partial charge in [0.25, 0.3) is 0 Å². The van der Waals surface area contributed by atoms with E-state index in [1.807, 2.05) is 5.38 Å². The summed E-state index contributed by atoms with van der Waals surface area (Å²) in [5.74, 6) is -0.0553. The average Bonchev–Trinajstić information content (AvgIpc) is 2.90. The molecule has 104 valence electrons. The fraction of sp³-hybridized carbons (Fsp3) is 0.429. The smallest absolute Gasteiger partial charge is 0.229 e.